The third kappa shape index (κ3) is 3.13. The Labute approximate surface area is 126 Å². The topological polar surface area (TPSA) is 43.6 Å². The van der Waals surface area contributed by atoms with E-state index in [2.05, 4.69) is 70.1 Å². The quantitative estimate of drug-likeness (QED) is 0.838. The van der Waals surface area contributed by atoms with Gasteiger partial charge in [-0.25, -0.2) is 4.99 Å². The average molecular weight is 285 g/mol. The maximum absolute atomic E-state index is 4.25. The molecule has 112 valence electrons. The highest BCUT2D eigenvalue weighted by Crippen LogP contribution is 2.21. The minimum Gasteiger partial charge on any atom is -0.369 e. The molecule has 21 heavy (non-hydrogen) atoms. The summed E-state index contributed by atoms with van der Waals surface area (Å²) in [6.45, 7) is 11.7. The normalized spacial score (nSPS) is 20.0. The summed E-state index contributed by atoms with van der Waals surface area (Å²) < 4.78 is 0. The average Bonchev–Trinajstić information content (AvgIpc) is 3.01. The van der Waals surface area contributed by atoms with Crippen LogP contribution in [0.4, 0.5) is 5.69 Å². The number of hydrogen-bond donors (Lipinski definition) is 0. The van der Waals surface area contributed by atoms with Crippen molar-refractivity contribution in [3.05, 3.63) is 29.8 Å². The number of azo groups is 1. The molecule has 1 aromatic rings. The summed E-state index contributed by atoms with van der Waals surface area (Å²) in [5.74, 6) is 0.749. The van der Waals surface area contributed by atoms with Gasteiger partial charge in [0.05, 0.1) is 0 Å². The largest absolute Gasteiger partial charge is 0.369 e. The smallest absolute Gasteiger partial charge is 0.178 e. The van der Waals surface area contributed by atoms with Crippen molar-refractivity contribution in [3.63, 3.8) is 0 Å². The highest BCUT2D eigenvalue weighted by atomic mass is 15.3. The van der Waals surface area contributed by atoms with Crippen molar-refractivity contribution in [2.24, 2.45) is 15.2 Å². The van der Waals surface area contributed by atoms with Crippen LogP contribution in [0.3, 0.4) is 0 Å². The lowest BCUT2D eigenvalue weighted by Crippen LogP contribution is -2.53. The molecule has 0 aromatic heterocycles. The molecule has 2 aliphatic heterocycles. The Morgan fingerprint density at radius 1 is 0.952 bits per heavy atom. The van der Waals surface area contributed by atoms with E-state index in [9.17, 15) is 0 Å². The first-order valence-corrected chi connectivity index (χ1v) is 7.56. The second-order valence-electron chi connectivity index (χ2n) is 6.56. The number of amidine groups is 1. The second-order valence-corrected chi connectivity index (χ2v) is 6.56. The molecule has 0 N–H and O–H groups in total. The number of benzene rings is 1. The monoisotopic (exact) mass is 285 g/mol. The summed E-state index contributed by atoms with van der Waals surface area (Å²) >= 11 is 0. The third-order valence-corrected chi connectivity index (χ3v) is 4.17. The van der Waals surface area contributed by atoms with Crippen molar-refractivity contribution in [2.45, 2.75) is 26.3 Å². The molecule has 3 rings (SSSR count). The second kappa shape index (κ2) is 5.56. The van der Waals surface area contributed by atoms with Crippen LogP contribution < -0.4 is 4.90 Å². The number of piperazine rings is 1. The first kappa shape index (κ1) is 14.2. The fourth-order valence-electron chi connectivity index (χ4n) is 2.83. The van der Waals surface area contributed by atoms with E-state index in [1.807, 2.05) is 0 Å². The van der Waals surface area contributed by atoms with E-state index in [1.54, 1.807) is 0 Å². The Kier molecular flexibility index (Phi) is 3.76. The lowest BCUT2D eigenvalue weighted by atomic mass is 10.0. The van der Waals surface area contributed by atoms with E-state index in [-0.39, 0.29) is 5.54 Å². The summed E-state index contributed by atoms with van der Waals surface area (Å²) in [5, 5.41) is 7.93. The van der Waals surface area contributed by atoms with E-state index in [0.29, 0.717) is 6.67 Å². The first-order valence-electron chi connectivity index (χ1n) is 7.56. The van der Waals surface area contributed by atoms with E-state index in [4.69, 9.17) is 0 Å². The molecule has 0 bridgehead atoms. The molecule has 0 unspecified atom stereocenters. The molecule has 2 heterocycles. The minimum atomic E-state index is 0.265. The molecule has 1 fully saturated rings. The Balaban J connectivity index is 1.65. The van der Waals surface area contributed by atoms with Gasteiger partial charge in [0.15, 0.2) is 12.5 Å². The van der Waals surface area contributed by atoms with Gasteiger partial charge in [-0.05, 0) is 45.0 Å². The molecular weight excluding hydrogens is 262 g/mol. The van der Waals surface area contributed by atoms with E-state index in [0.717, 1.165) is 37.6 Å². The summed E-state index contributed by atoms with van der Waals surface area (Å²) in [5.41, 5.74) is 2.60. The van der Waals surface area contributed by atoms with Gasteiger partial charge in [-0.1, -0.05) is 0 Å². The molecule has 0 radical (unpaired) electrons. The summed E-state index contributed by atoms with van der Waals surface area (Å²) in [4.78, 5) is 9.24. The highest BCUT2D eigenvalue weighted by Gasteiger charge is 2.25. The number of anilines is 1. The van der Waals surface area contributed by atoms with Crippen LogP contribution in [0.5, 0.6) is 0 Å². The molecule has 5 nitrogen and oxygen atoms in total. The fraction of sp³-hybridized carbons (Fsp3) is 0.562. The lowest BCUT2D eigenvalue weighted by molar-refractivity contribution is 0.128. The number of hydrogen-bond acceptors (Lipinski definition) is 5. The van der Waals surface area contributed by atoms with Crippen LogP contribution >= 0.6 is 0 Å². The molecule has 0 aliphatic carbocycles. The van der Waals surface area contributed by atoms with Gasteiger partial charge in [0.1, 0.15) is 0 Å². The van der Waals surface area contributed by atoms with Gasteiger partial charge < -0.3 is 4.90 Å². The van der Waals surface area contributed by atoms with Gasteiger partial charge >= 0.3 is 0 Å². The van der Waals surface area contributed by atoms with Crippen molar-refractivity contribution in [1.29, 1.82) is 0 Å². The zero-order valence-electron chi connectivity index (χ0n) is 13.1. The van der Waals surface area contributed by atoms with Crippen molar-refractivity contribution < 1.29 is 0 Å². The Morgan fingerprint density at radius 3 is 2.14 bits per heavy atom. The van der Waals surface area contributed by atoms with Gasteiger partial charge in [0.2, 0.25) is 0 Å². The molecule has 0 saturated carbocycles. The van der Waals surface area contributed by atoms with E-state index >= 15 is 0 Å². The van der Waals surface area contributed by atoms with Gasteiger partial charge in [-0.3, -0.25) is 4.90 Å². The Bertz CT molecular complexity index is 545. The van der Waals surface area contributed by atoms with Crippen molar-refractivity contribution >= 4 is 11.5 Å². The predicted molar refractivity (Wildman–Crippen MR) is 86.2 cm³/mol. The van der Waals surface area contributed by atoms with Crippen LogP contribution in [0.15, 0.2) is 39.5 Å². The molecular formula is C16H23N5. The van der Waals surface area contributed by atoms with Crippen LogP contribution in [0, 0.1) is 0 Å². The van der Waals surface area contributed by atoms with Crippen molar-refractivity contribution in [3.8, 4) is 0 Å². The van der Waals surface area contributed by atoms with Crippen LogP contribution in [0.25, 0.3) is 0 Å². The fourth-order valence-corrected chi connectivity index (χ4v) is 2.83. The van der Waals surface area contributed by atoms with Gasteiger partial charge in [-0.2, -0.15) is 5.11 Å². The van der Waals surface area contributed by atoms with Gasteiger partial charge in [0, 0.05) is 43.0 Å². The lowest BCUT2D eigenvalue weighted by Gasteiger charge is -2.43. The number of nitrogens with zero attached hydrogens (tertiary/aromatic N) is 5. The van der Waals surface area contributed by atoms with E-state index < -0.39 is 0 Å². The van der Waals surface area contributed by atoms with Crippen LogP contribution in [0.1, 0.15) is 26.3 Å². The number of aliphatic imine (C=N–C) groups is 1. The van der Waals surface area contributed by atoms with Gasteiger partial charge in [0.25, 0.3) is 0 Å². The molecule has 0 amide bonds. The van der Waals surface area contributed by atoms with Crippen LogP contribution in [-0.4, -0.2) is 49.1 Å². The first-order chi connectivity index (χ1) is 10.0. The van der Waals surface area contributed by atoms with Crippen LogP contribution in [-0.2, 0) is 0 Å². The number of rotatable bonds is 2. The highest BCUT2D eigenvalue weighted by molar-refractivity contribution is 6.00. The Morgan fingerprint density at radius 2 is 1.62 bits per heavy atom. The Hall–Kier alpha value is -1.75. The van der Waals surface area contributed by atoms with Crippen LogP contribution in [0.2, 0.25) is 0 Å². The SMILES string of the molecule is CC(C)(C)N1CCN(c2ccc(C3=NCN=N3)cc2)CC1. The maximum Gasteiger partial charge on any atom is 0.178 e. The maximum atomic E-state index is 4.25. The predicted octanol–water partition coefficient (Wildman–Crippen LogP) is 2.78. The summed E-state index contributed by atoms with van der Waals surface area (Å²) in [6.07, 6.45) is 0. The summed E-state index contributed by atoms with van der Waals surface area (Å²) in [6, 6.07) is 8.51. The van der Waals surface area contributed by atoms with Crippen molar-refractivity contribution in [2.75, 3.05) is 37.7 Å². The van der Waals surface area contributed by atoms with Gasteiger partial charge in [-0.15, -0.1) is 5.11 Å². The molecule has 5 heteroatoms. The summed E-state index contributed by atoms with van der Waals surface area (Å²) in [7, 11) is 0. The molecule has 0 spiro atoms. The van der Waals surface area contributed by atoms with Crippen molar-refractivity contribution in [1.82, 2.24) is 4.90 Å². The molecule has 2 aliphatic rings. The zero-order chi connectivity index (χ0) is 14.9. The molecule has 0 atom stereocenters. The third-order valence-electron chi connectivity index (χ3n) is 4.17. The molecule has 1 aromatic carbocycles. The standard InChI is InChI=1S/C16H23N5/c1-16(2,3)21-10-8-20(9-11-21)14-6-4-13(5-7-14)15-17-12-18-19-15/h4-7H,8-12H2,1-3H3. The zero-order valence-corrected chi connectivity index (χ0v) is 13.1. The molecule has 1 saturated heterocycles. The minimum absolute atomic E-state index is 0.265. The van der Waals surface area contributed by atoms with E-state index in [1.165, 1.54) is 5.69 Å².